The van der Waals surface area contributed by atoms with Crippen LogP contribution in [0.2, 0.25) is 0 Å². The number of aromatic nitrogens is 3. The summed E-state index contributed by atoms with van der Waals surface area (Å²) in [5, 5.41) is 20.3. The molecule has 6 atom stereocenters. The Hall–Kier alpha value is -7.44. The van der Waals surface area contributed by atoms with Crippen molar-refractivity contribution in [2.45, 2.75) is 115 Å². The number of carbonyl (C=O) groups excluding carboxylic acids is 7. The molecule has 2 aromatic heterocycles. The van der Waals surface area contributed by atoms with Crippen LogP contribution in [0.4, 0.5) is 21.1 Å². The molecule has 9 N–H and O–H groups in total. The Morgan fingerprint density at radius 3 is 2.38 bits per heavy atom. The monoisotopic (exact) mass is 1040 g/mol. The number of fused-ring (bicyclic) bond motifs is 2. The summed E-state index contributed by atoms with van der Waals surface area (Å²) in [4.78, 5) is 98.5. The van der Waals surface area contributed by atoms with E-state index in [1.807, 2.05) is 29.0 Å². The molecule has 1 aliphatic heterocycles. The highest BCUT2D eigenvalue weighted by Gasteiger charge is 2.40. The fourth-order valence-corrected chi connectivity index (χ4v) is 9.83. The van der Waals surface area contributed by atoms with Crippen molar-refractivity contribution in [2.24, 2.45) is 22.7 Å². The van der Waals surface area contributed by atoms with Crippen LogP contribution in [-0.4, -0.2) is 107 Å². The van der Waals surface area contributed by atoms with Crippen LogP contribution in [0.3, 0.4) is 0 Å². The molecule has 7 amide bonds. The minimum absolute atomic E-state index is 0.0907. The fraction of sp³-hybridized carbons (Fsp3) is 0.460. The third kappa shape index (κ3) is 14.8. The van der Waals surface area contributed by atoms with Gasteiger partial charge in [0.25, 0.3) is 11.8 Å². The van der Waals surface area contributed by atoms with E-state index in [1.165, 1.54) is 29.6 Å². The zero-order valence-electron chi connectivity index (χ0n) is 41.2. The van der Waals surface area contributed by atoms with Crippen molar-refractivity contribution in [1.82, 2.24) is 35.4 Å². The third-order valence-electron chi connectivity index (χ3n) is 13.3. The van der Waals surface area contributed by atoms with Crippen molar-refractivity contribution in [3.05, 3.63) is 96.0 Å². The van der Waals surface area contributed by atoms with Crippen LogP contribution in [0.1, 0.15) is 100 Å². The number of hydrogen-bond donors (Lipinski definition) is 7. The molecule has 2 aliphatic carbocycles. The number of carbonyl (C=O) groups is 7. The Labute approximate surface area is 428 Å². The Balaban J connectivity index is 0.914. The van der Waals surface area contributed by atoms with E-state index in [2.05, 4.69) is 48.7 Å². The Morgan fingerprint density at radius 1 is 0.892 bits per heavy atom. The second-order valence-corrected chi connectivity index (χ2v) is 20.1. The van der Waals surface area contributed by atoms with Gasteiger partial charge < -0.3 is 46.4 Å². The maximum Gasteiger partial charge on any atom is 0.508 e. The van der Waals surface area contributed by atoms with E-state index < -0.39 is 58.4 Å². The summed E-state index contributed by atoms with van der Waals surface area (Å²) in [7, 11) is -4.30. The second kappa shape index (κ2) is 25.0. The minimum Gasteiger partial charge on any atom is -0.430 e. The van der Waals surface area contributed by atoms with Gasteiger partial charge in [0, 0.05) is 61.9 Å². The molecule has 0 radical (unpaired) electrons. The molecule has 3 aliphatic rings. The summed E-state index contributed by atoms with van der Waals surface area (Å²) < 4.78 is 41.8. The average molecular weight is 1040 g/mol. The average Bonchev–Trinajstić information content (AvgIpc) is 4.16. The molecule has 24 heteroatoms. The summed E-state index contributed by atoms with van der Waals surface area (Å²) in [5.41, 5.74) is 9.28. The lowest BCUT2D eigenvalue weighted by Crippen LogP contribution is -2.54. The van der Waals surface area contributed by atoms with Crippen LogP contribution in [0.25, 0.3) is 11.0 Å². The number of ether oxygens (including phenoxy) is 2. The van der Waals surface area contributed by atoms with Crippen LogP contribution in [0.15, 0.2) is 79.3 Å². The summed E-state index contributed by atoms with van der Waals surface area (Å²) in [6.07, 6.45) is 8.55. The van der Waals surface area contributed by atoms with Crippen molar-refractivity contribution in [3.8, 4) is 0 Å². The molecular weight excluding hydrogens is 979 g/mol. The lowest BCUT2D eigenvalue weighted by Gasteiger charge is -2.25. The minimum atomic E-state index is -4.30. The number of amides is 7. The first-order chi connectivity index (χ1) is 35.4. The number of nitrogens with one attached hydrogen (secondary N) is 5. The molecule has 3 heterocycles. The van der Waals surface area contributed by atoms with Crippen LogP contribution in [-0.2, 0) is 61.0 Å². The van der Waals surface area contributed by atoms with E-state index in [4.69, 9.17) is 24.5 Å². The molecule has 0 spiro atoms. The number of unbranched alkanes of at least 4 members (excludes halogenated alkanes) is 2. The highest BCUT2D eigenvalue weighted by molar-refractivity contribution is 7.84. The van der Waals surface area contributed by atoms with Gasteiger partial charge in [0.15, 0.2) is 0 Å². The zero-order chi connectivity index (χ0) is 52.9. The molecule has 1 unspecified atom stereocenters. The smallest absolute Gasteiger partial charge is 0.430 e. The lowest BCUT2D eigenvalue weighted by molar-refractivity contribution is -0.137. The van der Waals surface area contributed by atoms with Crippen LogP contribution in [0.5, 0.6) is 0 Å². The first-order valence-electron chi connectivity index (χ1n) is 24.6. The molecular formula is C50H63N11O12S. The van der Waals surface area contributed by atoms with Gasteiger partial charge in [0.1, 0.15) is 42.6 Å². The number of urea groups is 1. The van der Waals surface area contributed by atoms with E-state index in [0.717, 1.165) is 23.1 Å². The topological polar surface area (TPSA) is 327 Å². The number of nitrogens with zero attached hydrogens (tertiary/aromatic N) is 4. The van der Waals surface area contributed by atoms with E-state index in [-0.39, 0.29) is 81.3 Å². The van der Waals surface area contributed by atoms with Crippen molar-refractivity contribution < 1.29 is 55.6 Å². The molecule has 1 saturated carbocycles. The van der Waals surface area contributed by atoms with Gasteiger partial charge in [-0.2, -0.15) is 8.42 Å². The first-order valence-corrected chi connectivity index (χ1v) is 26.1. The number of aryl methyl sites for hydroxylation is 1. The van der Waals surface area contributed by atoms with Gasteiger partial charge in [-0.05, 0) is 85.8 Å². The largest absolute Gasteiger partial charge is 0.508 e. The normalized spacial score (nSPS) is 19.0. The molecule has 396 valence electrons. The molecule has 1 fully saturated rings. The molecule has 74 heavy (non-hydrogen) atoms. The summed E-state index contributed by atoms with van der Waals surface area (Å²) in [6, 6.07) is 13.6. The van der Waals surface area contributed by atoms with Crippen molar-refractivity contribution in [3.63, 3.8) is 0 Å². The van der Waals surface area contributed by atoms with Gasteiger partial charge in [-0.3, -0.25) is 33.1 Å². The van der Waals surface area contributed by atoms with Gasteiger partial charge in [-0.1, -0.05) is 56.7 Å². The van der Waals surface area contributed by atoms with E-state index in [1.54, 1.807) is 38.1 Å². The zero-order valence-corrected chi connectivity index (χ0v) is 42.0. The number of hydrogen-bond acceptors (Lipinski definition) is 15. The Kier molecular flexibility index (Phi) is 18.4. The summed E-state index contributed by atoms with van der Waals surface area (Å²) in [6.45, 7) is 3.33. The highest BCUT2D eigenvalue weighted by atomic mass is 32.2. The number of anilines is 2. The molecule has 7 rings (SSSR count). The molecule has 4 aromatic rings. The quantitative estimate of drug-likeness (QED) is 0.0281. The summed E-state index contributed by atoms with van der Waals surface area (Å²) >= 11 is 0. The fourth-order valence-electron chi connectivity index (χ4n) is 9.47. The van der Waals surface area contributed by atoms with E-state index in [9.17, 15) is 42.0 Å². The maximum atomic E-state index is 13.7. The first kappa shape index (κ1) is 54.3. The number of nitrogens with two attached hydrogens (primary N) is 2. The predicted molar refractivity (Wildman–Crippen MR) is 269 cm³/mol. The van der Waals surface area contributed by atoms with Gasteiger partial charge in [0.2, 0.25) is 17.7 Å². The van der Waals surface area contributed by atoms with Crippen LogP contribution in [0, 0.1) is 11.8 Å². The second-order valence-electron chi connectivity index (χ2n) is 18.9. The van der Waals surface area contributed by atoms with Gasteiger partial charge in [-0.25, -0.2) is 24.7 Å². The number of primary amides is 1. The number of rotatable bonds is 25. The van der Waals surface area contributed by atoms with Gasteiger partial charge in [0.05, 0.1) is 18.0 Å². The molecule has 0 saturated heterocycles. The van der Waals surface area contributed by atoms with E-state index >= 15 is 0 Å². The molecule has 23 nitrogen and oxygen atoms in total. The van der Waals surface area contributed by atoms with Gasteiger partial charge in [-0.15, -0.1) is 0 Å². The van der Waals surface area contributed by atoms with Crippen molar-refractivity contribution in [1.29, 1.82) is 0 Å². The molecule has 2 aromatic carbocycles. The number of benzene rings is 2. The Bertz CT molecular complexity index is 2820. The standard InChI is InChI=1S/C50H63N11O12S/c1-30(2)44(59-41(62)12-4-3-7-23-61-42(63)19-20-43(61)64)48(66)58-39(11-8-22-53-49(51)67)47(65)56-34-16-13-31(14-17-34)27-71-50(68)73-40-26-35(25-33(40)28-72-74(52,69)70)60-24-21-37-45(54-29-55-46(37)60)57-38-18-15-32-9-5-6-10-36(32)38/h5-6,9-10,13-14,16-17,19-21,24,29-30,33,35,38-40,44H,3-4,7-8,11-12,15,18,22-23,25-28H2,1-2H3,(H,56,65)(H,58,66)(H,59,62)(H3,51,53,67)(H2,52,69,70)(H,54,55,57)/t33-,35+,38-,39+,40-,44?/m0/s1. The third-order valence-corrected chi connectivity index (χ3v) is 13.7. The van der Waals surface area contributed by atoms with Crippen LogP contribution >= 0.6 is 0 Å². The lowest BCUT2D eigenvalue weighted by atomic mass is 10.0. The van der Waals surface area contributed by atoms with Crippen molar-refractivity contribution in [2.75, 3.05) is 30.3 Å². The van der Waals surface area contributed by atoms with Gasteiger partial charge >= 0.3 is 22.5 Å². The van der Waals surface area contributed by atoms with Crippen LogP contribution < -0.4 is 37.5 Å². The highest BCUT2D eigenvalue weighted by Crippen LogP contribution is 2.41. The number of imide groups is 1. The predicted octanol–water partition coefficient (Wildman–Crippen LogP) is 3.92. The maximum absolute atomic E-state index is 13.7. The molecule has 0 bridgehead atoms. The SMILES string of the molecule is CC(C)C(NC(=O)CCCCCN1C(=O)C=CC1=O)C(=O)N[C@H](CCCNC(N)=O)C(=O)Nc1ccc(COC(=O)O[C@H]2C[C@H](n3ccc4c(N[C@H]5CCc6ccccc65)ncnc43)C[C@H]2COS(N)(=O)=O)cc1. The Morgan fingerprint density at radius 2 is 1.65 bits per heavy atom. The van der Waals surface area contributed by atoms with E-state index in [0.29, 0.717) is 54.8 Å². The van der Waals surface area contributed by atoms with Crippen molar-refractivity contribution >= 4 is 74.6 Å². The summed E-state index contributed by atoms with van der Waals surface area (Å²) in [5.74, 6) is -2.53.